The maximum Gasteiger partial charge on any atom is 0.437 e. The summed E-state index contributed by atoms with van der Waals surface area (Å²) >= 11 is 4.80. The number of phenolic OH excluding ortho intramolecular Hbond substituents is 1. The highest BCUT2D eigenvalue weighted by molar-refractivity contribution is 7.80. The number of esters is 1. The van der Waals surface area contributed by atoms with Crippen molar-refractivity contribution in [3.8, 4) is 11.5 Å². The van der Waals surface area contributed by atoms with Gasteiger partial charge >= 0.3 is 12.1 Å². The van der Waals surface area contributed by atoms with Crippen LogP contribution < -0.4 is 15.4 Å². The fraction of sp³-hybridized carbons (Fsp3) is 0.500. The van der Waals surface area contributed by atoms with Crippen molar-refractivity contribution >= 4 is 23.3 Å². The van der Waals surface area contributed by atoms with Crippen molar-refractivity contribution in [1.29, 1.82) is 0 Å². The molecule has 0 aliphatic carbocycles. The van der Waals surface area contributed by atoms with Crippen LogP contribution in [-0.4, -0.2) is 46.4 Å². The van der Waals surface area contributed by atoms with E-state index in [1.54, 1.807) is 12.2 Å². The van der Waals surface area contributed by atoms with Gasteiger partial charge in [0.1, 0.15) is 5.92 Å². The average molecular weight is 408 g/mol. The fourth-order valence-corrected chi connectivity index (χ4v) is 3.09. The van der Waals surface area contributed by atoms with Crippen LogP contribution in [0.2, 0.25) is 0 Å². The summed E-state index contributed by atoms with van der Waals surface area (Å²) in [4.78, 5) is 12.3. The molecule has 1 aromatic carbocycles. The number of carbonyl (C=O) groups excluding carboxylic acids is 1. The molecule has 1 aliphatic heterocycles. The molecule has 1 aromatic rings. The van der Waals surface area contributed by atoms with E-state index in [1.165, 1.54) is 25.1 Å². The molecule has 4 N–H and O–H groups in total. The Kier molecular flexibility index (Phi) is 6.05. The van der Waals surface area contributed by atoms with Gasteiger partial charge < -0.3 is 30.3 Å². The van der Waals surface area contributed by atoms with Crippen LogP contribution >= 0.6 is 12.2 Å². The molecule has 0 aromatic heterocycles. The van der Waals surface area contributed by atoms with Gasteiger partial charge in [-0.05, 0) is 43.8 Å². The Morgan fingerprint density at radius 3 is 2.56 bits per heavy atom. The minimum absolute atomic E-state index is 0.0133. The number of aliphatic hydroxyl groups is 1. The van der Waals surface area contributed by atoms with Crippen LogP contribution in [0.3, 0.4) is 0 Å². The number of hydrogen-bond donors (Lipinski definition) is 4. The lowest BCUT2D eigenvalue weighted by molar-refractivity contribution is -0.292. The molecule has 0 amide bonds. The number of hydrogen-bond acceptors (Lipinski definition) is 6. The smallest absolute Gasteiger partial charge is 0.437 e. The van der Waals surface area contributed by atoms with E-state index >= 15 is 0 Å². The normalized spacial score (nSPS) is 25.3. The molecule has 3 atom stereocenters. The van der Waals surface area contributed by atoms with Gasteiger partial charge in [-0.15, -0.1) is 0 Å². The second kappa shape index (κ2) is 7.77. The maximum absolute atomic E-state index is 13.6. The molecule has 0 radical (unpaired) electrons. The van der Waals surface area contributed by atoms with Crippen LogP contribution in [0.1, 0.15) is 25.5 Å². The standard InChI is InChI=1S/C16H19F3N2O5S/c1-3-25-10-7-8(5-6-9(10)22)12-11(13(23)26-4-2)15(24,16(17,18)19)21-14(27)20-12/h5-7,11-12,22,24H,3-4H2,1-2H3,(H2,20,21,27)/t11-,12-,15-/m0/s1. The molecule has 2 rings (SSSR count). The van der Waals surface area contributed by atoms with Crippen LogP contribution in [0.5, 0.6) is 11.5 Å². The third-order valence-corrected chi connectivity index (χ3v) is 4.21. The van der Waals surface area contributed by atoms with Crippen molar-refractivity contribution in [3.63, 3.8) is 0 Å². The number of alkyl halides is 3. The Morgan fingerprint density at radius 2 is 2.00 bits per heavy atom. The first-order valence-corrected chi connectivity index (χ1v) is 8.46. The van der Waals surface area contributed by atoms with Crippen LogP contribution in [0, 0.1) is 5.92 Å². The first-order chi connectivity index (χ1) is 12.5. The van der Waals surface area contributed by atoms with Crippen molar-refractivity contribution in [2.75, 3.05) is 13.2 Å². The van der Waals surface area contributed by atoms with E-state index in [0.29, 0.717) is 0 Å². The summed E-state index contributed by atoms with van der Waals surface area (Å²) in [6, 6.07) is 2.39. The number of aromatic hydroxyl groups is 1. The third kappa shape index (κ3) is 4.03. The summed E-state index contributed by atoms with van der Waals surface area (Å²) in [6.45, 7) is 3.11. The molecular formula is C16H19F3N2O5S. The molecule has 0 spiro atoms. The van der Waals surface area contributed by atoms with Crippen LogP contribution in [-0.2, 0) is 9.53 Å². The lowest BCUT2D eigenvalue weighted by atomic mass is 9.82. The number of thiocarbonyl (C=S) groups is 1. The zero-order chi connectivity index (χ0) is 20.4. The second-order valence-corrected chi connectivity index (χ2v) is 6.14. The van der Waals surface area contributed by atoms with E-state index in [-0.39, 0.29) is 30.3 Å². The van der Waals surface area contributed by atoms with E-state index in [1.807, 2.05) is 0 Å². The van der Waals surface area contributed by atoms with Crippen molar-refractivity contribution in [2.45, 2.75) is 31.8 Å². The summed E-state index contributed by atoms with van der Waals surface area (Å²) in [7, 11) is 0. The van der Waals surface area contributed by atoms with E-state index in [9.17, 15) is 28.2 Å². The summed E-state index contributed by atoms with van der Waals surface area (Å²) in [6.07, 6.45) is -5.23. The van der Waals surface area contributed by atoms with Crippen molar-refractivity contribution in [3.05, 3.63) is 23.8 Å². The molecule has 1 aliphatic rings. The number of ether oxygens (including phenoxy) is 2. The number of halogens is 3. The number of rotatable bonds is 5. The van der Waals surface area contributed by atoms with E-state index in [0.717, 1.165) is 0 Å². The highest BCUT2D eigenvalue weighted by Crippen LogP contribution is 2.44. The largest absolute Gasteiger partial charge is 0.504 e. The molecule has 0 unspecified atom stereocenters. The first-order valence-electron chi connectivity index (χ1n) is 8.05. The molecule has 7 nitrogen and oxygen atoms in total. The van der Waals surface area contributed by atoms with Crippen molar-refractivity contribution < 1.29 is 37.7 Å². The second-order valence-electron chi connectivity index (χ2n) is 5.73. The summed E-state index contributed by atoms with van der Waals surface area (Å²) in [5.74, 6) is -3.59. The van der Waals surface area contributed by atoms with E-state index in [2.05, 4.69) is 5.32 Å². The number of phenols is 1. The van der Waals surface area contributed by atoms with Gasteiger partial charge in [-0.1, -0.05) is 6.07 Å². The molecule has 0 bridgehead atoms. The molecule has 1 fully saturated rings. The van der Waals surface area contributed by atoms with Gasteiger partial charge in [0.25, 0.3) is 5.72 Å². The van der Waals surface area contributed by atoms with Crippen molar-refractivity contribution in [2.24, 2.45) is 5.92 Å². The Morgan fingerprint density at radius 1 is 1.33 bits per heavy atom. The van der Waals surface area contributed by atoms with Crippen LogP contribution in [0.25, 0.3) is 0 Å². The molecule has 0 saturated carbocycles. The van der Waals surface area contributed by atoms with Gasteiger partial charge in [0.05, 0.1) is 19.3 Å². The topological polar surface area (TPSA) is 100 Å². The Bertz CT molecular complexity index is 730. The summed E-state index contributed by atoms with van der Waals surface area (Å²) in [5, 5.41) is 24.0. The number of carbonyl (C=O) groups is 1. The Hall–Kier alpha value is -2.27. The van der Waals surface area contributed by atoms with Crippen LogP contribution in [0.4, 0.5) is 13.2 Å². The lowest BCUT2D eigenvalue weighted by Crippen LogP contribution is -2.73. The third-order valence-electron chi connectivity index (χ3n) is 3.99. The molecule has 27 heavy (non-hydrogen) atoms. The molecule has 11 heteroatoms. The highest BCUT2D eigenvalue weighted by atomic mass is 32.1. The predicted molar refractivity (Wildman–Crippen MR) is 92.0 cm³/mol. The van der Waals surface area contributed by atoms with Gasteiger partial charge in [0.15, 0.2) is 16.6 Å². The molecule has 1 saturated heterocycles. The quantitative estimate of drug-likeness (QED) is 0.432. The first kappa shape index (κ1) is 21.0. The van der Waals surface area contributed by atoms with Gasteiger partial charge in [0, 0.05) is 0 Å². The number of benzene rings is 1. The van der Waals surface area contributed by atoms with Gasteiger partial charge in [-0.3, -0.25) is 4.79 Å². The minimum Gasteiger partial charge on any atom is -0.504 e. The minimum atomic E-state index is -5.23. The lowest BCUT2D eigenvalue weighted by Gasteiger charge is -2.45. The monoisotopic (exact) mass is 408 g/mol. The van der Waals surface area contributed by atoms with E-state index < -0.39 is 34.9 Å². The summed E-state index contributed by atoms with van der Waals surface area (Å²) < 4.78 is 50.9. The molecule has 150 valence electrons. The average Bonchev–Trinajstić information content (AvgIpc) is 2.55. The SMILES string of the molecule is CCOC(=O)[C@@H]1[C@H](c2ccc(O)c(OCC)c2)NC(=S)N[C@@]1(O)C(F)(F)F. The zero-order valence-corrected chi connectivity index (χ0v) is 15.3. The highest BCUT2D eigenvalue weighted by Gasteiger charge is 2.66. The maximum atomic E-state index is 13.6. The Balaban J connectivity index is 2.58. The Labute approximate surface area is 158 Å². The van der Waals surface area contributed by atoms with Gasteiger partial charge in [-0.25, -0.2) is 0 Å². The zero-order valence-electron chi connectivity index (χ0n) is 14.5. The summed E-state index contributed by atoms with van der Waals surface area (Å²) in [5.41, 5.74) is -3.50. The predicted octanol–water partition coefficient (Wildman–Crippen LogP) is 1.74. The van der Waals surface area contributed by atoms with Crippen LogP contribution in [0.15, 0.2) is 18.2 Å². The molecular weight excluding hydrogens is 389 g/mol. The van der Waals surface area contributed by atoms with Gasteiger partial charge in [-0.2, -0.15) is 13.2 Å². The van der Waals surface area contributed by atoms with Crippen molar-refractivity contribution in [1.82, 2.24) is 10.6 Å². The number of nitrogens with one attached hydrogen (secondary N) is 2. The molecule has 1 heterocycles. The fourth-order valence-electron chi connectivity index (χ4n) is 2.81. The van der Waals surface area contributed by atoms with E-state index in [4.69, 9.17) is 21.7 Å². The van der Waals surface area contributed by atoms with Gasteiger partial charge in [0.2, 0.25) is 0 Å².